The van der Waals surface area contributed by atoms with E-state index in [4.69, 9.17) is 5.73 Å². The number of carbonyl (C=O) groups excluding carboxylic acids is 2. The first kappa shape index (κ1) is 10.5. The number of hydrogen-bond acceptors (Lipinski definition) is 4. The zero-order valence-electron chi connectivity index (χ0n) is 8.86. The third-order valence-electron chi connectivity index (χ3n) is 2.66. The van der Waals surface area contributed by atoms with Crippen LogP contribution in [0.4, 0.5) is 5.82 Å². The van der Waals surface area contributed by atoms with Crippen molar-refractivity contribution in [1.82, 2.24) is 20.4 Å². The molecule has 1 aliphatic rings. The second-order valence-electron chi connectivity index (χ2n) is 3.66. The zero-order valence-corrected chi connectivity index (χ0v) is 8.86. The lowest BCUT2D eigenvalue weighted by molar-refractivity contribution is -0.127. The van der Waals surface area contributed by atoms with Gasteiger partial charge in [0.1, 0.15) is 17.4 Å². The number of nitrogen functional groups attached to an aromatic ring is 1. The first-order valence-corrected chi connectivity index (χ1v) is 4.99. The van der Waals surface area contributed by atoms with Gasteiger partial charge in [-0.1, -0.05) is 0 Å². The van der Waals surface area contributed by atoms with E-state index in [1.165, 1.54) is 11.1 Å². The van der Waals surface area contributed by atoms with Crippen LogP contribution in [-0.2, 0) is 4.79 Å². The highest BCUT2D eigenvalue weighted by Gasteiger charge is 2.31. The van der Waals surface area contributed by atoms with Gasteiger partial charge in [-0.05, 0) is 6.92 Å². The molecule has 4 N–H and O–H groups in total. The van der Waals surface area contributed by atoms with Gasteiger partial charge in [-0.25, -0.2) is 0 Å². The van der Waals surface area contributed by atoms with Crippen molar-refractivity contribution in [3.63, 3.8) is 0 Å². The van der Waals surface area contributed by atoms with E-state index >= 15 is 0 Å². The van der Waals surface area contributed by atoms with Crippen molar-refractivity contribution in [1.29, 1.82) is 0 Å². The van der Waals surface area contributed by atoms with Gasteiger partial charge in [0.05, 0.1) is 6.20 Å². The average Bonchev–Trinajstić information content (AvgIpc) is 2.68. The summed E-state index contributed by atoms with van der Waals surface area (Å²) in [4.78, 5) is 24.9. The molecule has 1 aromatic heterocycles. The average molecular weight is 223 g/mol. The number of aromatic amines is 1. The number of nitrogens with two attached hydrogens (primary N) is 1. The van der Waals surface area contributed by atoms with E-state index < -0.39 is 6.04 Å². The SMILES string of the molecule is CC1C(=O)NCCN1C(=O)c1cn[nH]c1N. The highest BCUT2D eigenvalue weighted by molar-refractivity contribution is 6.00. The van der Waals surface area contributed by atoms with Gasteiger partial charge in [-0.3, -0.25) is 14.7 Å². The fourth-order valence-electron chi connectivity index (χ4n) is 1.68. The summed E-state index contributed by atoms with van der Waals surface area (Å²) in [5.74, 6) is -0.196. The molecule has 1 saturated heterocycles. The summed E-state index contributed by atoms with van der Waals surface area (Å²) in [7, 11) is 0. The molecular weight excluding hydrogens is 210 g/mol. The summed E-state index contributed by atoms with van der Waals surface area (Å²) in [5, 5.41) is 8.87. The van der Waals surface area contributed by atoms with Crippen LogP contribution in [0.2, 0.25) is 0 Å². The van der Waals surface area contributed by atoms with Crippen LogP contribution in [0.5, 0.6) is 0 Å². The standard InChI is InChI=1S/C9H13N5O2/c1-5-8(15)11-2-3-14(5)9(16)6-4-12-13-7(6)10/h4-5H,2-3H2,1H3,(H,11,15)(H3,10,12,13). The van der Waals surface area contributed by atoms with E-state index in [1.807, 2.05) is 0 Å². The van der Waals surface area contributed by atoms with Crippen LogP contribution in [0.1, 0.15) is 17.3 Å². The van der Waals surface area contributed by atoms with E-state index in [0.717, 1.165) is 0 Å². The van der Waals surface area contributed by atoms with Gasteiger partial charge in [-0.15, -0.1) is 0 Å². The number of H-pyrrole nitrogens is 1. The maximum atomic E-state index is 12.0. The number of carbonyl (C=O) groups is 2. The molecule has 2 rings (SSSR count). The first-order chi connectivity index (χ1) is 7.61. The third-order valence-corrected chi connectivity index (χ3v) is 2.66. The molecule has 16 heavy (non-hydrogen) atoms. The van der Waals surface area contributed by atoms with Gasteiger partial charge in [0.15, 0.2) is 0 Å². The Morgan fingerprint density at radius 1 is 1.69 bits per heavy atom. The van der Waals surface area contributed by atoms with Crippen molar-refractivity contribution < 1.29 is 9.59 Å². The number of anilines is 1. The van der Waals surface area contributed by atoms with Crippen LogP contribution in [0.3, 0.4) is 0 Å². The third kappa shape index (κ3) is 1.60. The lowest BCUT2D eigenvalue weighted by Gasteiger charge is -2.32. The molecule has 2 heterocycles. The molecule has 86 valence electrons. The molecule has 1 atom stereocenters. The van der Waals surface area contributed by atoms with Crippen molar-refractivity contribution in [2.45, 2.75) is 13.0 Å². The van der Waals surface area contributed by atoms with Crippen molar-refractivity contribution in [3.8, 4) is 0 Å². The number of hydrogen-bond donors (Lipinski definition) is 3. The summed E-state index contributed by atoms with van der Waals surface area (Å²) >= 11 is 0. The maximum Gasteiger partial charge on any atom is 0.259 e. The van der Waals surface area contributed by atoms with Crippen LogP contribution < -0.4 is 11.1 Å². The normalized spacial score (nSPS) is 20.7. The quantitative estimate of drug-likeness (QED) is 0.565. The second kappa shape index (κ2) is 3.84. The van der Waals surface area contributed by atoms with Crippen LogP contribution in [-0.4, -0.2) is 46.0 Å². The fourth-order valence-corrected chi connectivity index (χ4v) is 1.68. The Hall–Kier alpha value is -2.05. The van der Waals surface area contributed by atoms with Crippen LogP contribution in [0.15, 0.2) is 6.20 Å². The Kier molecular flexibility index (Phi) is 2.51. The fraction of sp³-hybridized carbons (Fsp3) is 0.444. The largest absolute Gasteiger partial charge is 0.383 e. The van der Waals surface area contributed by atoms with Gasteiger partial charge < -0.3 is 16.0 Å². The lowest BCUT2D eigenvalue weighted by Crippen LogP contribution is -2.55. The van der Waals surface area contributed by atoms with E-state index in [-0.39, 0.29) is 17.6 Å². The topological polar surface area (TPSA) is 104 Å². The number of piperazine rings is 1. The van der Waals surface area contributed by atoms with Crippen LogP contribution >= 0.6 is 0 Å². The number of amides is 2. The van der Waals surface area contributed by atoms with Gasteiger partial charge in [0, 0.05) is 13.1 Å². The summed E-state index contributed by atoms with van der Waals surface area (Å²) in [6.07, 6.45) is 1.37. The molecule has 0 radical (unpaired) electrons. The monoisotopic (exact) mass is 223 g/mol. The number of rotatable bonds is 1. The van der Waals surface area contributed by atoms with E-state index in [0.29, 0.717) is 18.7 Å². The molecule has 0 bridgehead atoms. The molecule has 1 aliphatic heterocycles. The maximum absolute atomic E-state index is 12.0. The Balaban J connectivity index is 2.22. The van der Waals surface area contributed by atoms with E-state index in [1.54, 1.807) is 6.92 Å². The Morgan fingerprint density at radius 3 is 3.06 bits per heavy atom. The number of aromatic nitrogens is 2. The van der Waals surface area contributed by atoms with Crippen molar-refractivity contribution in [2.75, 3.05) is 18.8 Å². The summed E-state index contributed by atoms with van der Waals surface area (Å²) in [5.41, 5.74) is 5.87. The summed E-state index contributed by atoms with van der Waals surface area (Å²) in [6, 6.07) is -0.476. The zero-order chi connectivity index (χ0) is 11.7. The van der Waals surface area contributed by atoms with E-state index in [9.17, 15) is 9.59 Å². The molecule has 0 aromatic carbocycles. The summed E-state index contributed by atoms with van der Waals surface area (Å²) in [6.45, 7) is 2.63. The molecule has 7 heteroatoms. The minimum absolute atomic E-state index is 0.151. The molecule has 0 aliphatic carbocycles. The minimum atomic E-state index is -0.476. The molecular formula is C9H13N5O2. The second-order valence-corrected chi connectivity index (χ2v) is 3.66. The Morgan fingerprint density at radius 2 is 2.44 bits per heavy atom. The van der Waals surface area contributed by atoms with Crippen molar-refractivity contribution in [2.24, 2.45) is 0 Å². The highest BCUT2D eigenvalue weighted by Crippen LogP contribution is 2.14. The highest BCUT2D eigenvalue weighted by atomic mass is 16.2. The number of nitrogens with one attached hydrogen (secondary N) is 2. The van der Waals surface area contributed by atoms with Crippen LogP contribution in [0.25, 0.3) is 0 Å². The molecule has 0 saturated carbocycles. The molecule has 1 aromatic rings. The predicted octanol–water partition coefficient (Wildman–Crippen LogP) is -1.05. The van der Waals surface area contributed by atoms with Crippen molar-refractivity contribution >= 4 is 17.6 Å². The van der Waals surface area contributed by atoms with Crippen LogP contribution in [0, 0.1) is 0 Å². The Labute approximate surface area is 92.0 Å². The van der Waals surface area contributed by atoms with E-state index in [2.05, 4.69) is 15.5 Å². The van der Waals surface area contributed by atoms with Gasteiger partial charge in [0.25, 0.3) is 5.91 Å². The van der Waals surface area contributed by atoms with Gasteiger partial charge >= 0.3 is 0 Å². The predicted molar refractivity (Wildman–Crippen MR) is 56.5 cm³/mol. The molecule has 2 amide bonds. The molecule has 0 spiro atoms. The minimum Gasteiger partial charge on any atom is -0.383 e. The van der Waals surface area contributed by atoms with Gasteiger partial charge in [-0.2, -0.15) is 5.10 Å². The summed E-state index contributed by atoms with van der Waals surface area (Å²) < 4.78 is 0. The molecule has 7 nitrogen and oxygen atoms in total. The molecule has 1 fully saturated rings. The molecule has 1 unspecified atom stereocenters. The number of nitrogens with zero attached hydrogens (tertiary/aromatic N) is 2. The lowest BCUT2D eigenvalue weighted by atomic mass is 10.1. The first-order valence-electron chi connectivity index (χ1n) is 4.99. The van der Waals surface area contributed by atoms with Gasteiger partial charge in [0.2, 0.25) is 5.91 Å². The smallest absolute Gasteiger partial charge is 0.259 e. The van der Waals surface area contributed by atoms with Crippen molar-refractivity contribution in [3.05, 3.63) is 11.8 Å². The Bertz CT molecular complexity index is 427.